The van der Waals surface area contributed by atoms with Crippen molar-refractivity contribution in [2.45, 2.75) is 31.6 Å². The second-order valence-electron chi connectivity index (χ2n) is 9.77. The molecule has 1 N–H and O–H groups in total. The van der Waals surface area contributed by atoms with Gasteiger partial charge in [-0.1, -0.05) is 54.1 Å². The van der Waals surface area contributed by atoms with Gasteiger partial charge in [-0.3, -0.25) is 9.69 Å². The molecule has 0 bridgehead atoms. The third-order valence-corrected chi connectivity index (χ3v) is 7.51. The standard InChI is InChI=1S/C29H31ClF2N4O/c30-23-7-4-8-26(15-23)34-11-13-35(14-12-34)29(37)28-17-25(20-36(28)19-21-5-2-1-3-6-21)33-18-22-9-10-24(31)16-27(22)32/h1-10,15-16,25,28,33H,11-14,17-20H2. The molecule has 2 saturated heterocycles. The Balaban J connectivity index is 1.24. The van der Waals surface area contributed by atoms with Crippen molar-refractivity contribution in [2.75, 3.05) is 37.6 Å². The van der Waals surface area contributed by atoms with E-state index in [9.17, 15) is 13.6 Å². The fourth-order valence-corrected chi connectivity index (χ4v) is 5.47. The van der Waals surface area contributed by atoms with Crippen LogP contribution in [0.4, 0.5) is 14.5 Å². The Morgan fingerprint density at radius 3 is 2.46 bits per heavy atom. The van der Waals surface area contributed by atoms with E-state index in [-0.39, 0.29) is 24.5 Å². The molecule has 0 aliphatic carbocycles. The number of likely N-dealkylation sites (tertiary alicyclic amines) is 1. The smallest absolute Gasteiger partial charge is 0.240 e. The van der Waals surface area contributed by atoms with Crippen molar-refractivity contribution in [1.82, 2.24) is 15.1 Å². The maximum absolute atomic E-state index is 14.2. The maximum Gasteiger partial charge on any atom is 0.240 e. The second kappa shape index (κ2) is 11.6. The molecule has 2 atom stereocenters. The predicted molar refractivity (Wildman–Crippen MR) is 142 cm³/mol. The number of benzene rings is 3. The molecule has 194 valence electrons. The number of rotatable bonds is 7. The van der Waals surface area contributed by atoms with Gasteiger partial charge in [0.15, 0.2) is 0 Å². The van der Waals surface area contributed by atoms with Gasteiger partial charge in [0.1, 0.15) is 11.6 Å². The lowest BCUT2D eigenvalue weighted by molar-refractivity contribution is -0.136. The Hall–Kier alpha value is -3.00. The summed E-state index contributed by atoms with van der Waals surface area (Å²) in [7, 11) is 0. The lowest BCUT2D eigenvalue weighted by Crippen LogP contribution is -2.53. The maximum atomic E-state index is 14.2. The van der Waals surface area contributed by atoms with Crippen molar-refractivity contribution in [3.8, 4) is 0 Å². The van der Waals surface area contributed by atoms with Gasteiger partial charge in [-0.2, -0.15) is 0 Å². The van der Waals surface area contributed by atoms with Crippen molar-refractivity contribution in [3.63, 3.8) is 0 Å². The van der Waals surface area contributed by atoms with Crippen LogP contribution in [-0.2, 0) is 17.9 Å². The molecule has 2 heterocycles. The van der Waals surface area contributed by atoms with Crippen LogP contribution in [0, 0.1) is 11.6 Å². The van der Waals surface area contributed by atoms with Crippen LogP contribution in [0.1, 0.15) is 17.5 Å². The van der Waals surface area contributed by atoms with E-state index >= 15 is 0 Å². The number of nitrogens with zero attached hydrogens (tertiary/aromatic N) is 3. The summed E-state index contributed by atoms with van der Waals surface area (Å²) in [5.41, 5.74) is 2.64. The lowest BCUT2D eigenvalue weighted by atomic mass is 10.1. The molecule has 0 radical (unpaired) electrons. The van der Waals surface area contributed by atoms with Crippen molar-refractivity contribution >= 4 is 23.2 Å². The topological polar surface area (TPSA) is 38.8 Å². The van der Waals surface area contributed by atoms with Crippen LogP contribution >= 0.6 is 11.6 Å². The summed E-state index contributed by atoms with van der Waals surface area (Å²) < 4.78 is 27.4. The summed E-state index contributed by atoms with van der Waals surface area (Å²) in [5.74, 6) is -1.01. The minimum absolute atomic E-state index is 0.0230. The number of anilines is 1. The molecule has 3 aromatic carbocycles. The van der Waals surface area contributed by atoms with Gasteiger partial charge in [-0.25, -0.2) is 8.78 Å². The van der Waals surface area contributed by atoms with Gasteiger partial charge < -0.3 is 15.1 Å². The molecule has 0 spiro atoms. The first-order valence-corrected chi connectivity index (χ1v) is 13.1. The van der Waals surface area contributed by atoms with Crippen LogP contribution in [0.25, 0.3) is 0 Å². The minimum Gasteiger partial charge on any atom is -0.368 e. The molecule has 5 rings (SSSR count). The quantitative estimate of drug-likeness (QED) is 0.486. The molecule has 37 heavy (non-hydrogen) atoms. The third kappa shape index (κ3) is 6.29. The van der Waals surface area contributed by atoms with E-state index < -0.39 is 11.6 Å². The Morgan fingerprint density at radius 2 is 1.73 bits per heavy atom. The van der Waals surface area contributed by atoms with Crippen LogP contribution < -0.4 is 10.2 Å². The molecule has 1 amide bonds. The van der Waals surface area contributed by atoms with Crippen LogP contribution in [0.5, 0.6) is 0 Å². The number of carbonyl (C=O) groups is 1. The van der Waals surface area contributed by atoms with E-state index in [1.807, 2.05) is 47.4 Å². The second-order valence-corrected chi connectivity index (χ2v) is 10.2. The molecular weight excluding hydrogens is 494 g/mol. The van der Waals surface area contributed by atoms with Gasteiger partial charge in [0, 0.05) is 74.2 Å². The van der Waals surface area contributed by atoms with Gasteiger partial charge >= 0.3 is 0 Å². The van der Waals surface area contributed by atoms with Gasteiger partial charge in [-0.05, 0) is 36.2 Å². The first-order valence-electron chi connectivity index (χ1n) is 12.7. The monoisotopic (exact) mass is 524 g/mol. The van der Waals surface area contributed by atoms with Crippen LogP contribution in [0.15, 0.2) is 72.8 Å². The van der Waals surface area contributed by atoms with Gasteiger partial charge in [-0.15, -0.1) is 0 Å². The first-order chi connectivity index (χ1) is 18.0. The predicted octanol–water partition coefficient (Wildman–Crippen LogP) is 4.70. The highest BCUT2D eigenvalue weighted by Gasteiger charge is 2.39. The number of halogens is 3. The van der Waals surface area contributed by atoms with E-state index in [2.05, 4.69) is 27.2 Å². The fraction of sp³-hybridized carbons (Fsp3) is 0.345. The van der Waals surface area contributed by atoms with E-state index in [0.29, 0.717) is 43.2 Å². The van der Waals surface area contributed by atoms with E-state index in [1.54, 1.807) is 0 Å². The zero-order valence-electron chi connectivity index (χ0n) is 20.6. The number of piperazine rings is 1. The molecule has 2 unspecified atom stereocenters. The van der Waals surface area contributed by atoms with E-state index in [1.165, 1.54) is 12.1 Å². The van der Waals surface area contributed by atoms with Gasteiger partial charge in [0.2, 0.25) is 5.91 Å². The van der Waals surface area contributed by atoms with E-state index in [4.69, 9.17) is 11.6 Å². The van der Waals surface area contributed by atoms with E-state index in [0.717, 1.165) is 30.4 Å². The molecule has 2 aliphatic rings. The highest BCUT2D eigenvalue weighted by Crippen LogP contribution is 2.25. The molecule has 2 aliphatic heterocycles. The zero-order chi connectivity index (χ0) is 25.8. The largest absolute Gasteiger partial charge is 0.368 e. The Morgan fingerprint density at radius 1 is 0.946 bits per heavy atom. The molecular formula is C29H31ClF2N4O. The van der Waals surface area contributed by atoms with Crippen LogP contribution in [0.3, 0.4) is 0 Å². The fourth-order valence-electron chi connectivity index (χ4n) is 5.29. The highest BCUT2D eigenvalue weighted by atomic mass is 35.5. The molecule has 3 aromatic rings. The summed E-state index contributed by atoms with van der Waals surface area (Å²) >= 11 is 6.17. The third-order valence-electron chi connectivity index (χ3n) is 7.28. The Labute approximate surface area is 221 Å². The zero-order valence-corrected chi connectivity index (χ0v) is 21.4. The normalized spacial score (nSPS) is 20.4. The summed E-state index contributed by atoms with van der Waals surface area (Å²) in [6.45, 7) is 4.44. The van der Waals surface area contributed by atoms with Crippen LogP contribution in [-0.4, -0.2) is 60.5 Å². The highest BCUT2D eigenvalue weighted by molar-refractivity contribution is 6.30. The summed E-state index contributed by atoms with van der Waals surface area (Å²) in [6, 6.07) is 21.3. The molecule has 8 heteroatoms. The number of carbonyl (C=O) groups excluding carboxylic acids is 1. The van der Waals surface area contributed by atoms with Crippen molar-refractivity contribution in [2.24, 2.45) is 0 Å². The number of nitrogens with one attached hydrogen (secondary N) is 1. The molecule has 0 saturated carbocycles. The lowest BCUT2D eigenvalue weighted by Gasteiger charge is -2.38. The molecule has 5 nitrogen and oxygen atoms in total. The average Bonchev–Trinajstić information content (AvgIpc) is 3.31. The van der Waals surface area contributed by atoms with Crippen molar-refractivity contribution in [3.05, 3.63) is 101 Å². The summed E-state index contributed by atoms with van der Waals surface area (Å²) in [5, 5.41) is 4.11. The van der Waals surface area contributed by atoms with Crippen molar-refractivity contribution < 1.29 is 13.6 Å². The molecule has 2 fully saturated rings. The number of hydrogen-bond donors (Lipinski definition) is 1. The average molecular weight is 525 g/mol. The first kappa shape index (κ1) is 25.6. The Bertz CT molecular complexity index is 1220. The Kier molecular flexibility index (Phi) is 8.03. The minimum atomic E-state index is -0.586. The summed E-state index contributed by atoms with van der Waals surface area (Å²) in [6.07, 6.45) is 0.642. The summed E-state index contributed by atoms with van der Waals surface area (Å²) in [4.78, 5) is 20.2. The van der Waals surface area contributed by atoms with Crippen LogP contribution in [0.2, 0.25) is 5.02 Å². The molecule has 0 aromatic heterocycles. The number of hydrogen-bond acceptors (Lipinski definition) is 4. The number of amides is 1. The SMILES string of the molecule is O=C(C1CC(NCc2ccc(F)cc2F)CN1Cc1ccccc1)N1CCN(c2cccc(Cl)c2)CC1. The van der Waals surface area contributed by atoms with Crippen molar-refractivity contribution in [1.29, 1.82) is 0 Å². The van der Waals surface area contributed by atoms with Gasteiger partial charge in [0.25, 0.3) is 0 Å². The van der Waals surface area contributed by atoms with Gasteiger partial charge in [0.05, 0.1) is 6.04 Å².